The molecular weight excluding hydrogens is 360 g/mol. The van der Waals surface area contributed by atoms with E-state index in [9.17, 15) is 4.79 Å². The van der Waals surface area contributed by atoms with Gasteiger partial charge in [-0.15, -0.1) is 0 Å². The Morgan fingerprint density at radius 1 is 1.11 bits per heavy atom. The minimum absolute atomic E-state index is 0.249. The van der Waals surface area contributed by atoms with Crippen molar-refractivity contribution in [3.05, 3.63) is 71.1 Å². The molecule has 2 N–H and O–H groups in total. The summed E-state index contributed by atoms with van der Waals surface area (Å²) in [5, 5.41) is 6.50. The smallest absolute Gasteiger partial charge is 0.319 e. The molecule has 0 radical (unpaired) electrons. The van der Waals surface area contributed by atoms with Crippen molar-refractivity contribution in [2.75, 3.05) is 5.32 Å². The molecule has 5 nitrogen and oxygen atoms in total. The van der Waals surface area contributed by atoms with Gasteiger partial charge in [0.15, 0.2) is 0 Å². The molecule has 1 aromatic heterocycles. The number of benzene rings is 2. The molecule has 4 rings (SSSR count). The minimum atomic E-state index is -0.249. The van der Waals surface area contributed by atoms with E-state index >= 15 is 0 Å². The molecule has 2 aromatic carbocycles. The SMILES string of the molecule is O=C(NCc1ccc(Cl)cc1)Nc1ccccc1-c1cn2c(n1)CCCC2. The molecule has 3 aromatic rings. The van der Waals surface area contributed by atoms with Gasteiger partial charge in [0.1, 0.15) is 5.82 Å². The number of nitrogens with one attached hydrogen (secondary N) is 2. The number of hydrogen-bond donors (Lipinski definition) is 2. The third-order valence-corrected chi connectivity index (χ3v) is 4.98. The summed E-state index contributed by atoms with van der Waals surface area (Å²) >= 11 is 5.89. The highest BCUT2D eigenvalue weighted by Gasteiger charge is 2.16. The number of hydrogen-bond acceptors (Lipinski definition) is 2. The summed E-state index contributed by atoms with van der Waals surface area (Å²) in [6, 6.07) is 14.9. The second-order valence-corrected chi connectivity index (χ2v) is 7.11. The maximum absolute atomic E-state index is 12.4. The van der Waals surface area contributed by atoms with Gasteiger partial charge >= 0.3 is 6.03 Å². The maximum atomic E-state index is 12.4. The van der Waals surface area contributed by atoms with Crippen LogP contribution in [-0.2, 0) is 19.5 Å². The van der Waals surface area contributed by atoms with E-state index in [-0.39, 0.29) is 6.03 Å². The number of para-hydroxylation sites is 1. The van der Waals surface area contributed by atoms with Gasteiger partial charge < -0.3 is 15.2 Å². The number of aryl methyl sites for hydroxylation is 2. The van der Waals surface area contributed by atoms with Crippen molar-refractivity contribution in [2.24, 2.45) is 0 Å². The molecule has 6 heteroatoms. The molecule has 0 unspecified atom stereocenters. The number of imidazole rings is 1. The Kier molecular flexibility index (Phi) is 5.12. The van der Waals surface area contributed by atoms with Gasteiger partial charge in [0, 0.05) is 36.3 Å². The van der Waals surface area contributed by atoms with E-state index in [2.05, 4.69) is 21.4 Å². The van der Waals surface area contributed by atoms with E-state index < -0.39 is 0 Å². The Bertz CT molecular complexity index is 926. The highest BCUT2D eigenvalue weighted by atomic mass is 35.5. The normalized spacial score (nSPS) is 13.1. The largest absolute Gasteiger partial charge is 0.334 e. The third-order valence-electron chi connectivity index (χ3n) is 4.73. The first-order valence-corrected chi connectivity index (χ1v) is 9.51. The molecule has 0 atom stereocenters. The number of aromatic nitrogens is 2. The fourth-order valence-electron chi connectivity index (χ4n) is 3.31. The number of carbonyl (C=O) groups excluding carboxylic acids is 1. The minimum Gasteiger partial charge on any atom is -0.334 e. The molecular formula is C21H21ClN4O. The lowest BCUT2D eigenvalue weighted by molar-refractivity contribution is 0.252. The van der Waals surface area contributed by atoms with Crippen LogP contribution in [0, 0.1) is 0 Å². The highest BCUT2D eigenvalue weighted by Crippen LogP contribution is 2.28. The highest BCUT2D eigenvalue weighted by molar-refractivity contribution is 6.30. The topological polar surface area (TPSA) is 59.0 Å². The Balaban J connectivity index is 1.47. The number of anilines is 1. The van der Waals surface area contributed by atoms with E-state index in [1.54, 1.807) is 0 Å². The predicted molar refractivity (Wildman–Crippen MR) is 108 cm³/mol. The Morgan fingerprint density at radius 2 is 1.93 bits per heavy atom. The monoisotopic (exact) mass is 380 g/mol. The van der Waals surface area contributed by atoms with Crippen LogP contribution >= 0.6 is 11.6 Å². The first-order chi connectivity index (χ1) is 13.2. The lowest BCUT2D eigenvalue weighted by Crippen LogP contribution is -2.28. The van der Waals surface area contributed by atoms with Crippen LogP contribution in [0.15, 0.2) is 54.7 Å². The van der Waals surface area contributed by atoms with E-state index in [0.717, 1.165) is 41.3 Å². The van der Waals surface area contributed by atoms with Gasteiger partial charge in [-0.25, -0.2) is 9.78 Å². The molecule has 0 bridgehead atoms. The first kappa shape index (κ1) is 17.6. The summed E-state index contributed by atoms with van der Waals surface area (Å²) in [6.45, 7) is 1.45. The van der Waals surface area contributed by atoms with E-state index in [4.69, 9.17) is 16.6 Å². The summed E-state index contributed by atoms with van der Waals surface area (Å²) < 4.78 is 2.22. The Morgan fingerprint density at radius 3 is 2.74 bits per heavy atom. The van der Waals surface area contributed by atoms with Crippen LogP contribution in [-0.4, -0.2) is 15.6 Å². The molecule has 27 heavy (non-hydrogen) atoms. The van der Waals surface area contributed by atoms with Gasteiger partial charge in [-0.05, 0) is 36.6 Å². The second kappa shape index (κ2) is 7.84. The van der Waals surface area contributed by atoms with Gasteiger partial charge in [0.2, 0.25) is 0 Å². The molecule has 0 saturated carbocycles. The summed E-state index contributed by atoms with van der Waals surface area (Å²) in [4.78, 5) is 17.1. The van der Waals surface area contributed by atoms with Crippen molar-refractivity contribution >= 4 is 23.3 Å². The molecule has 0 aliphatic carbocycles. The second-order valence-electron chi connectivity index (χ2n) is 6.67. The molecule has 2 amide bonds. The fourth-order valence-corrected chi connectivity index (χ4v) is 3.43. The van der Waals surface area contributed by atoms with Crippen LogP contribution in [0.3, 0.4) is 0 Å². The standard InChI is InChI=1S/C21H21ClN4O/c22-16-10-8-15(9-11-16)13-23-21(27)25-18-6-2-1-5-17(18)19-14-26-12-4-3-7-20(26)24-19/h1-2,5-6,8-11,14H,3-4,7,12-13H2,(H2,23,25,27). The van der Waals surface area contributed by atoms with Crippen LogP contribution in [0.25, 0.3) is 11.3 Å². The van der Waals surface area contributed by atoms with Crippen LogP contribution in [0.5, 0.6) is 0 Å². The van der Waals surface area contributed by atoms with Crippen LogP contribution < -0.4 is 10.6 Å². The van der Waals surface area contributed by atoms with Gasteiger partial charge in [-0.2, -0.15) is 0 Å². The predicted octanol–water partition coefficient (Wildman–Crippen LogP) is 4.86. The average molecular weight is 381 g/mol. The van der Waals surface area contributed by atoms with Crippen LogP contribution in [0.1, 0.15) is 24.2 Å². The van der Waals surface area contributed by atoms with Crippen molar-refractivity contribution in [2.45, 2.75) is 32.4 Å². The zero-order chi connectivity index (χ0) is 18.6. The summed E-state index contributed by atoms with van der Waals surface area (Å²) in [5.41, 5.74) is 3.58. The quantitative estimate of drug-likeness (QED) is 0.678. The van der Waals surface area contributed by atoms with Gasteiger partial charge in [0.25, 0.3) is 0 Å². The number of rotatable bonds is 4. The van der Waals surface area contributed by atoms with Crippen molar-refractivity contribution in [3.63, 3.8) is 0 Å². The van der Waals surface area contributed by atoms with Crippen molar-refractivity contribution < 1.29 is 4.79 Å². The van der Waals surface area contributed by atoms with Crippen molar-refractivity contribution in [1.29, 1.82) is 0 Å². The summed E-state index contributed by atoms with van der Waals surface area (Å²) in [7, 11) is 0. The summed E-state index contributed by atoms with van der Waals surface area (Å²) in [5.74, 6) is 1.12. The molecule has 1 aliphatic rings. The van der Waals surface area contributed by atoms with Crippen molar-refractivity contribution in [3.8, 4) is 11.3 Å². The molecule has 138 valence electrons. The number of halogens is 1. The number of amides is 2. The van der Waals surface area contributed by atoms with Crippen molar-refractivity contribution in [1.82, 2.24) is 14.9 Å². The Hall–Kier alpha value is -2.79. The van der Waals surface area contributed by atoms with E-state index in [1.165, 1.54) is 12.8 Å². The lowest BCUT2D eigenvalue weighted by atomic mass is 10.1. The first-order valence-electron chi connectivity index (χ1n) is 9.14. The maximum Gasteiger partial charge on any atom is 0.319 e. The zero-order valence-electron chi connectivity index (χ0n) is 14.9. The van der Waals surface area contributed by atoms with Gasteiger partial charge in [-0.1, -0.05) is 41.9 Å². The van der Waals surface area contributed by atoms with E-state index in [1.807, 2.05) is 48.5 Å². The van der Waals surface area contributed by atoms with Gasteiger partial charge in [0.05, 0.1) is 11.4 Å². The number of fused-ring (bicyclic) bond motifs is 1. The molecule has 1 aliphatic heterocycles. The molecule has 0 spiro atoms. The fraction of sp³-hybridized carbons (Fsp3) is 0.238. The molecule has 0 saturated heterocycles. The number of carbonyl (C=O) groups is 1. The molecule has 0 fully saturated rings. The van der Waals surface area contributed by atoms with Crippen LogP contribution in [0.4, 0.5) is 10.5 Å². The average Bonchev–Trinajstić information content (AvgIpc) is 3.12. The molecule has 2 heterocycles. The number of nitrogens with zero attached hydrogens (tertiary/aromatic N) is 2. The Labute approximate surface area is 163 Å². The van der Waals surface area contributed by atoms with E-state index in [0.29, 0.717) is 11.6 Å². The third kappa shape index (κ3) is 4.14. The lowest BCUT2D eigenvalue weighted by Gasteiger charge is -2.11. The van der Waals surface area contributed by atoms with Gasteiger partial charge in [-0.3, -0.25) is 0 Å². The number of urea groups is 1. The summed E-state index contributed by atoms with van der Waals surface area (Å²) in [6.07, 6.45) is 5.47. The van der Waals surface area contributed by atoms with Crippen LogP contribution in [0.2, 0.25) is 5.02 Å². The zero-order valence-corrected chi connectivity index (χ0v) is 15.7.